The van der Waals surface area contributed by atoms with Crippen molar-refractivity contribution in [1.82, 2.24) is 10.6 Å². The van der Waals surface area contributed by atoms with E-state index in [2.05, 4.69) is 31.4 Å². The highest BCUT2D eigenvalue weighted by Gasteiger charge is 2.29. The van der Waals surface area contributed by atoms with Crippen molar-refractivity contribution >= 4 is 17.7 Å². The molecule has 1 heterocycles. The van der Waals surface area contributed by atoms with Crippen molar-refractivity contribution in [3.8, 4) is 0 Å². The molecule has 3 unspecified atom stereocenters. The molecule has 1 amide bonds. The first kappa shape index (κ1) is 13.8. The Bertz CT molecular complexity index is 223. The van der Waals surface area contributed by atoms with Gasteiger partial charge >= 0.3 is 0 Å². The minimum absolute atomic E-state index is 0.168. The number of nitrogens with one attached hydrogen (secondary N) is 2. The van der Waals surface area contributed by atoms with Gasteiger partial charge in [0.05, 0.1) is 5.92 Å². The van der Waals surface area contributed by atoms with Gasteiger partial charge in [-0.05, 0) is 37.3 Å². The number of carbonyl (C=O) groups is 1. The van der Waals surface area contributed by atoms with Crippen LogP contribution in [0, 0.1) is 11.8 Å². The van der Waals surface area contributed by atoms with Gasteiger partial charge in [-0.2, -0.15) is 11.8 Å². The number of thioether (sulfide) groups is 1. The molecule has 1 saturated heterocycles. The van der Waals surface area contributed by atoms with Crippen LogP contribution in [0.15, 0.2) is 0 Å². The van der Waals surface area contributed by atoms with E-state index in [4.69, 9.17) is 0 Å². The molecular weight excluding hydrogens is 220 g/mol. The van der Waals surface area contributed by atoms with Gasteiger partial charge in [0.15, 0.2) is 0 Å². The third kappa shape index (κ3) is 4.34. The van der Waals surface area contributed by atoms with Gasteiger partial charge in [-0.15, -0.1) is 0 Å². The lowest BCUT2D eigenvalue weighted by Gasteiger charge is -2.18. The van der Waals surface area contributed by atoms with Crippen molar-refractivity contribution in [2.75, 3.05) is 24.6 Å². The van der Waals surface area contributed by atoms with E-state index in [1.807, 2.05) is 11.8 Å². The van der Waals surface area contributed by atoms with Gasteiger partial charge in [0.2, 0.25) is 5.91 Å². The molecule has 0 spiro atoms. The molecule has 3 nitrogen and oxygen atoms in total. The van der Waals surface area contributed by atoms with E-state index in [0.29, 0.717) is 12.0 Å². The van der Waals surface area contributed by atoms with Gasteiger partial charge in [-0.3, -0.25) is 4.79 Å². The summed E-state index contributed by atoms with van der Waals surface area (Å²) in [5.74, 6) is 3.16. The molecule has 1 aliphatic rings. The van der Waals surface area contributed by atoms with Crippen molar-refractivity contribution in [2.45, 2.75) is 33.2 Å². The van der Waals surface area contributed by atoms with E-state index in [-0.39, 0.29) is 11.8 Å². The number of hydrogen-bond donors (Lipinski definition) is 2. The van der Waals surface area contributed by atoms with Crippen molar-refractivity contribution in [2.24, 2.45) is 11.8 Å². The monoisotopic (exact) mass is 244 g/mol. The topological polar surface area (TPSA) is 41.1 Å². The standard InChI is InChI=1S/C12H24N2OS/c1-4-16-6-5-10(3)14-12(15)11-8-13-7-9(11)2/h9-11,13H,4-8H2,1-3H3,(H,14,15). The van der Waals surface area contributed by atoms with E-state index in [1.165, 1.54) is 0 Å². The Kier molecular flexibility index (Phi) is 6.21. The Labute approximate surface area is 103 Å². The van der Waals surface area contributed by atoms with Crippen molar-refractivity contribution in [3.05, 3.63) is 0 Å². The van der Waals surface area contributed by atoms with E-state index in [0.717, 1.165) is 31.0 Å². The van der Waals surface area contributed by atoms with Crippen LogP contribution in [0.25, 0.3) is 0 Å². The molecule has 0 aromatic rings. The highest BCUT2D eigenvalue weighted by molar-refractivity contribution is 7.99. The molecule has 3 atom stereocenters. The summed E-state index contributed by atoms with van der Waals surface area (Å²) in [5.41, 5.74) is 0. The van der Waals surface area contributed by atoms with Crippen LogP contribution < -0.4 is 10.6 Å². The van der Waals surface area contributed by atoms with Crippen LogP contribution in [0.2, 0.25) is 0 Å². The van der Waals surface area contributed by atoms with Crippen LogP contribution in [0.3, 0.4) is 0 Å². The molecule has 0 aliphatic carbocycles. The summed E-state index contributed by atoms with van der Waals surface area (Å²) in [6, 6.07) is 0.305. The normalized spacial score (nSPS) is 26.7. The van der Waals surface area contributed by atoms with Gasteiger partial charge in [-0.1, -0.05) is 13.8 Å². The number of amides is 1. The Morgan fingerprint density at radius 3 is 2.88 bits per heavy atom. The van der Waals surface area contributed by atoms with Crippen molar-refractivity contribution < 1.29 is 4.79 Å². The molecular formula is C12H24N2OS. The quantitative estimate of drug-likeness (QED) is 0.696. The molecule has 1 fully saturated rings. The fourth-order valence-electron chi connectivity index (χ4n) is 1.99. The predicted molar refractivity (Wildman–Crippen MR) is 70.7 cm³/mol. The Morgan fingerprint density at radius 2 is 2.31 bits per heavy atom. The summed E-state index contributed by atoms with van der Waals surface area (Å²) in [6.45, 7) is 8.21. The first-order valence-corrected chi connectivity index (χ1v) is 7.39. The minimum atomic E-state index is 0.168. The van der Waals surface area contributed by atoms with Crippen LogP contribution in [0.5, 0.6) is 0 Å². The second-order valence-electron chi connectivity index (χ2n) is 4.64. The highest BCUT2D eigenvalue weighted by atomic mass is 32.2. The number of hydrogen-bond acceptors (Lipinski definition) is 3. The molecule has 2 N–H and O–H groups in total. The van der Waals surface area contributed by atoms with E-state index < -0.39 is 0 Å². The summed E-state index contributed by atoms with van der Waals surface area (Å²) in [4.78, 5) is 11.9. The summed E-state index contributed by atoms with van der Waals surface area (Å²) in [5, 5.41) is 6.38. The van der Waals surface area contributed by atoms with Gasteiger partial charge in [-0.25, -0.2) is 0 Å². The van der Waals surface area contributed by atoms with Crippen molar-refractivity contribution in [3.63, 3.8) is 0 Å². The summed E-state index contributed by atoms with van der Waals surface area (Å²) < 4.78 is 0. The zero-order valence-corrected chi connectivity index (χ0v) is 11.4. The maximum Gasteiger partial charge on any atom is 0.224 e. The van der Waals surface area contributed by atoms with Gasteiger partial charge in [0.25, 0.3) is 0 Å². The summed E-state index contributed by atoms with van der Waals surface area (Å²) >= 11 is 1.93. The molecule has 16 heavy (non-hydrogen) atoms. The smallest absolute Gasteiger partial charge is 0.224 e. The average Bonchev–Trinajstić information content (AvgIpc) is 2.65. The second-order valence-corrected chi connectivity index (χ2v) is 6.03. The predicted octanol–water partition coefficient (Wildman–Crippen LogP) is 1.49. The lowest BCUT2D eigenvalue weighted by atomic mass is 9.97. The summed E-state index contributed by atoms with van der Waals surface area (Å²) in [6.07, 6.45) is 1.07. The third-order valence-electron chi connectivity index (χ3n) is 3.14. The molecule has 0 bridgehead atoms. The molecule has 0 radical (unpaired) electrons. The minimum Gasteiger partial charge on any atom is -0.353 e. The first-order valence-electron chi connectivity index (χ1n) is 6.24. The number of carbonyl (C=O) groups excluding carboxylic acids is 1. The molecule has 4 heteroatoms. The Morgan fingerprint density at radius 1 is 1.56 bits per heavy atom. The number of rotatable bonds is 6. The van der Waals surface area contributed by atoms with E-state index >= 15 is 0 Å². The second kappa shape index (κ2) is 7.17. The zero-order chi connectivity index (χ0) is 12.0. The SMILES string of the molecule is CCSCCC(C)NC(=O)C1CNCC1C. The first-order chi connectivity index (χ1) is 7.65. The molecule has 1 aliphatic heterocycles. The lowest BCUT2D eigenvalue weighted by Crippen LogP contribution is -2.39. The van der Waals surface area contributed by atoms with Gasteiger partial charge < -0.3 is 10.6 Å². The van der Waals surface area contributed by atoms with Gasteiger partial charge in [0.1, 0.15) is 0 Å². The molecule has 94 valence electrons. The Hall–Kier alpha value is -0.220. The average molecular weight is 244 g/mol. The fraction of sp³-hybridized carbons (Fsp3) is 0.917. The van der Waals surface area contributed by atoms with E-state index in [1.54, 1.807) is 0 Å². The maximum atomic E-state index is 11.9. The van der Waals surface area contributed by atoms with Crippen LogP contribution >= 0.6 is 11.8 Å². The zero-order valence-electron chi connectivity index (χ0n) is 10.6. The third-order valence-corrected chi connectivity index (χ3v) is 4.07. The van der Waals surface area contributed by atoms with Crippen LogP contribution in [0.1, 0.15) is 27.2 Å². The fourth-order valence-corrected chi connectivity index (χ4v) is 2.80. The lowest BCUT2D eigenvalue weighted by molar-refractivity contribution is -0.126. The Balaban J connectivity index is 2.22. The van der Waals surface area contributed by atoms with Crippen LogP contribution in [-0.2, 0) is 4.79 Å². The molecule has 0 aromatic heterocycles. The van der Waals surface area contributed by atoms with Crippen LogP contribution in [0.4, 0.5) is 0 Å². The molecule has 1 rings (SSSR count). The van der Waals surface area contributed by atoms with E-state index in [9.17, 15) is 4.79 Å². The summed E-state index contributed by atoms with van der Waals surface area (Å²) in [7, 11) is 0. The largest absolute Gasteiger partial charge is 0.353 e. The maximum absolute atomic E-state index is 11.9. The highest BCUT2D eigenvalue weighted by Crippen LogP contribution is 2.16. The molecule has 0 saturated carbocycles. The van der Waals surface area contributed by atoms with Gasteiger partial charge in [0, 0.05) is 12.6 Å². The van der Waals surface area contributed by atoms with Crippen molar-refractivity contribution in [1.29, 1.82) is 0 Å². The molecule has 0 aromatic carbocycles. The van der Waals surface area contributed by atoms with Crippen LogP contribution in [-0.4, -0.2) is 36.5 Å².